The largest absolute Gasteiger partial charge is 0.445 e. The Morgan fingerprint density at radius 3 is 2.48 bits per heavy atom. The lowest BCUT2D eigenvalue weighted by molar-refractivity contribution is -0.127. The number of hydrogen-bond acceptors (Lipinski definition) is 4. The minimum Gasteiger partial charge on any atom is -0.445 e. The Morgan fingerprint density at radius 2 is 1.81 bits per heavy atom. The molecule has 1 aromatic carbocycles. The molecule has 27 heavy (non-hydrogen) atoms. The highest BCUT2D eigenvalue weighted by Crippen LogP contribution is 2.04. The molecule has 0 aliphatic heterocycles. The van der Waals surface area contributed by atoms with Crippen molar-refractivity contribution in [2.45, 2.75) is 64.5 Å². The van der Waals surface area contributed by atoms with Crippen LogP contribution in [0.15, 0.2) is 30.3 Å². The molecule has 0 radical (unpaired) electrons. The molecule has 0 aliphatic rings. The van der Waals surface area contributed by atoms with Crippen molar-refractivity contribution in [3.8, 4) is 0 Å². The van der Waals surface area contributed by atoms with Crippen molar-refractivity contribution in [1.29, 1.82) is 0 Å². The van der Waals surface area contributed by atoms with Crippen molar-refractivity contribution in [3.05, 3.63) is 35.9 Å². The normalized spacial score (nSPS) is 11.4. The Kier molecular flexibility index (Phi) is 11.3. The summed E-state index contributed by atoms with van der Waals surface area (Å²) in [5.41, 5.74) is 6.24. The first-order valence-corrected chi connectivity index (χ1v) is 9.56. The molecule has 7 heteroatoms. The molecule has 7 nitrogen and oxygen atoms in total. The summed E-state index contributed by atoms with van der Waals surface area (Å²) < 4.78 is 5.11. The number of carbonyl (C=O) groups is 3. The van der Waals surface area contributed by atoms with Gasteiger partial charge in [0.25, 0.3) is 0 Å². The minimum absolute atomic E-state index is 0.162. The fraction of sp³-hybridized carbons (Fsp3) is 0.550. The predicted molar refractivity (Wildman–Crippen MR) is 104 cm³/mol. The molecule has 0 aromatic heterocycles. The van der Waals surface area contributed by atoms with Crippen LogP contribution in [-0.2, 0) is 20.9 Å². The molecule has 0 heterocycles. The summed E-state index contributed by atoms with van der Waals surface area (Å²) in [6.45, 7) is 2.76. The highest BCUT2D eigenvalue weighted by atomic mass is 16.5. The van der Waals surface area contributed by atoms with E-state index in [4.69, 9.17) is 10.5 Å². The van der Waals surface area contributed by atoms with Gasteiger partial charge in [0, 0.05) is 13.0 Å². The van der Waals surface area contributed by atoms with Crippen molar-refractivity contribution in [2.24, 2.45) is 5.73 Å². The van der Waals surface area contributed by atoms with E-state index in [2.05, 4.69) is 10.6 Å². The van der Waals surface area contributed by atoms with Gasteiger partial charge in [-0.25, -0.2) is 4.79 Å². The monoisotopic (exact) mass is 377 g/mol. The maximum Gasteiger partial charge on any atom is 0.407 e. The summed E-state index contributed by atoms with van der Waals surface area (Å²) in [5.74, 6) is -0.653. The Labute approximate surface area is 161 Å². The molecule has 0 saturated carbocycles. The van der Waals surface area contributed by atoms with Gasteiger partial charge in [-0.1, -0.05) is 56.5 Å². The van der Waals surface area contributed by atoms with Crippen molar-refractivity contribution < 1.29 is 19.1 Å². The maximum atomic E-state index is 11.9. The van der Waals surface area contributed by atoms with Gasteiger partial charge >= 0.3 is 6.09 Å². The molecule has 0 bridgehead atoms. The quantitative estimate of drug-likeness (QED) is 0.459. The van der Waals surface area contributed by atoms with Crippen LogP contribution in [0.3, 0.4) is 0 Å². The van der Waals surface area contributed by atoms with Crippen LogP contribution in [0.4, 0.5) is 4.79 Å². The molecule has 0 fully saturated rings. The summed E-state index contributed by atoms with van der Waals surface area (Å²) >= 11 is 0. The molecule has 3 amide bonds. The lowest BCUT2D eigenvalue weighted by atomic mass is 10.1. The number of nitrogens with two attached hydrogens (primary N) is 1. The van der Waals surface area contributed by atoms with E-state index < -0.39 is 18.0 Å². The van der Waals surface area contributed by atoms with Gasteiger partial charge in [-0.3, -0.25) is 9.59 Å². The van der Waals surface area contributed by atoms with Crippen LogP contribution in [-0.4, -0.2) is 30.5 Å². The van der Waals surface area contributed by atoms with Gasteiger partial charge in [-0.05, 0) is 24.8 Å². The Morgan fingerprint density at radius 1 is 1.07 bits per heavy atom. The summed E-state index contributed by atoms with van der Waals surface area (Å²) in [6.07, 6.45) is 4.50. The van der Waals surface area contributed by atoms with Gasteiger partial charge < -0.3 is 21.1 Å². The van der Waals surface area contributed by atoms with Crippen molar-refractivity contribution in [1.82, 2.24) is 10.6 Å². The molecular weight excluding hydrogens is 346 g/mol. The number of primary amides is 1. The van der Waals surface area contributed by atoms with E-state index in [0.717, 1.165) is 31.2 Å². The molecular formula is C20H31N3O4. The number of rotatable bonds is 13. The second-order valence-electron chi connectivity index (χ2n) is 6.46. The number of benzene rings is 1. The van der Waals surface area contributed by atoms with Crippen molar-refractivity contribution >= 4 is 17.9 Å². The lowest BCUT2D eigenvalue weighted by Gasteiger charge is -2.15. The standard InChI is InChI=1S/C20H31N3O4/c1-2-3-12-17(19(21)25)23-18(24)13-8-5-9-14-22-20(26)27-15-16-10-6-4-7-11-16/h4,6-7,10-11,17H,2-3,5,8-9,12-15H2,1H3,(H2,21,25)(H,22,26)(H,23,24)/t17-/m0/s1. The number of carbonyl (C=O) groups excluding carboxylic acids is 3. The molecule has 150 valence electrons. The Balaban J connectivity index is 2.06. The zero-order chi connectivity index (χ0) is 19.9. The van der Waals surface area contributed by atoms with Crippen LogP contribution in [0.1, 0.15) is 57.4 Å². The van der Waals surface area contributed by atoms with Gasteiger partial charge in [-0.2, -0.15) is 0 Å². The lowest BCUT2D eigenvalue weighted by Crippen LogP contribution is -2.44. The molecule has 1 aromatic rings. The smallest absolute Gasteiger partial charge is 0.407 e. The molecule has 0 aliphatic carbocycles. The van der Waals surface area contributed by atoms with Crippen LogP contribution in [0.2, 0.25) is 0 Å². The number of unbranched alkanes of at least 4 members (excludes halogenated alkanes) is 3. The topological polar surface area (TPSA) is 111 Å². The van der Waals surface area contributed by atoms with E-state index in [-0.39, 0.29) is 12.5 Å². The Bertz CT molecular complexity index is 578. The van der Waals surface area contributed by atoms with Crippen LogP contribution in [0.5, 0.6) is 0 Å². The van der Waals surface area contributed by atoms with Crippen LogP contribution in [0, 0.1) is 0 Å². The van der Waals surface area contributed by atoms with E-state index in [1.54, 1.807) is 0 Å². The number of hydrogen-bond donors (Lipinski definition) is 3. The second-order valence-corrected chi connectivity index (χ2v) is 6.46. The number of ether oxygens (including phenoxy) is 1. The van der Waals surface area contributed by atoms with E-state index in [9.17, 15) is 14.4 Å². The Hall–Kier alpha value is -2.57. The third-order valence-corrected chi connectivity index (χ3v) is 4.09. The van der Waals surface area contributed by atoms with Crippen LogP contribution < -0.4 is 16.4 Å². The maximum absolute atomic E-state index is 11.9. The molecule has 4 N–H and O–H groups in total. The fourth-order valence-corrected chi connectivity index (χ4v) is 2.51. The molecule has 0 saturated heterocycles. The van der Waals surface area contributed by atoms with Gasteiger partial charge in [-0.15, -0.1) is 0 Å². The number of nitrogens with one attached hydrogen (secondary N) is 2. The first-order chi connectivity index (χ1) is 13.0. The van der Waals surface area contributed by atoms with Gasteiger partial charge in [0.2, 0.25) is 11.8 Å². The average molecular weight is 377 g/mol. The highest BCUT2D eigenvalue weighted by Gasteiger charge is 2.16. The SMILES string of the molecule is CCCC[C@H](NC(=O)CCCCCNC(=O)OCc1ccccc1)C(N)=O. The average Bonchev–Trinajstić information content (AvgIpc) is 2.66. The van der Waals surface area contributed by atoms with Crippen LogP contribution in [0.25, 0.3) is 0 Å². The third-order valence-electron chi connectivity index (χ3n) is 4.09. The van der Waals surface area contributed by atoms with Gasteiger partial charge in [0.1, 0.15) is 12.6 Å². The number of amides is 3. The van der Waals surface area contributed by atoms with E-state index in [1.807, 2.05) is 37.3 Å². The fourth-order valence-electron chi connectivity index (χ4n) is 2.51. The van der Waals surface area contributed by atoms with Crippen LogP contribution >= 0.6 is 0 Å². The first kappa shape index (κ1) is 22.5. The van der Waals surface area contributed by atoms with Crippen molar-refractivity contribution in [3.63, 3.8) is 0 Å². The molecule has 0 spiro atoms. The summed E-state index contributed by atoms with van der Waals surface area (Å²) in [6, 6.07) is 8.89. The van der Waals surface area contributed by atoms with Gasteiger partial charge in [0.05, 0.1) is 0 Å². The molecule has 1 atom stereocenters. The van der Waals surface area contributed by atoms with E-state index in [1.165, 1.54) is 0 Å². The van der Waals surface area contributed by atoms with E-state index >= 15 is 0 Å². The highest BCUT2D eigenvalue weighted by molar-refractivity contribution is 5.86. The predicted octanol–water partition coefficient (Wildman–Crippen LogP) is 2.63. The number of alkyl carbamates (subject to hydrolysis) is 1. The summed E-state index contributed by atoms with van der Waals surface area (Å²) in [5, 5.41) is 5.38. The summed E-state index contributed by atoms with van der Waals surface area (Å²) in [7, 11) is 0. The van der Waals surface area contributed by atoms with Crippen molar-refractivity contribution in [2.75, 3.05) is 6.54 Å². The molecule has 1 rings (SSSR count). The first-order valence-electron chi connectivity index (χ1n) is 9.56. The minimum atomic E-state index is -0.585. The second kappa shape index (κ2) is 13.6. The zero-order valence-electron chi connectivity index (χ0n) is 16.0. The van der Waals surface area contributed by atoms with E-state index in [0.29, 0.717) is 25.8 Å². The molecule has 0 unspecified atom stereocenters. The summed E-state index contributed by atoms with van der Waals surface area (Å²) in [4.78, 5) is 34.8. The van der Waals surface area contributed by atoms with Gasteiger partial charge in [0.15, 0.2) is 0 Å². The third kappa shape index (κ3) is 10.9. The zero-order valence-corrected chi connectivity index (χ0v) is 16.0.